The fourth-order valence-corrected chi connectivity index (χ4v) is 1.72. The Morgan fingerprint density at radius 1 is 1.00 bits per heavy atom. The maximum atomic E-state index is 10.2. The van der Waals surface area contributed by atoms with Gasteiger partial charge < -0.3 is 9.53 Å². The number of nitrogens with zero attached hydrogens (tertiary/aromatic N) is 1. The lowest BCUT2D eigenvalue weighted by Crippen LogP contribution is -2.25. The minimum atomic E-state index is 0.424. The molecule has 0 N–H and O–H groups in total. The van der Waals surface area contributed by atoms with Crippen molar-refractivity contribution in [3.63, 3.8) is 0 Å². The topological polar surface area (TPSA) is 30.2 Å². The van der Waals surface area contributed by atoms with Gasteiger partial charge >= 0.3 is 0 Å². The van der Waals surface area contributed by atoms with E-state index in [0.717, 1.165) is 23.2 Å². The molecule has 0 bridgehead atoms. The molecule has 0 saturated heterocycles. The fourth-order valence-electron chi connectivity index (χ4n) is 1.72. The van der Waals surface area contributed by atoms with E-state index in [1.807, 2.05) is 48.3 Å². The van der Waals surface area contributed by atoms with Crippen LogP contribution in [0, 0.1) is 0 Å². The summed E-state index contributed by atoms with van der Waals surface area (Å²) in [6.45, 7) is 0.430. The highest BCUT2D eigenvalue weighted by atomic mass is 16.5. The van der Waals surface area contributed by atoms with Crippen molar-refractivity contribution in [2.75, 3.05) is 6.61 Å². The van der Waals surface area contributed by atoms with Crippen molar-refractivity contribution in [3.8, 4) is 5.75 Å². The first kappa shape index (κ1) is 14.0. The van der Waals surface area contributed by atoms with Crippen molar-refractivity contribution < 1.29 is 14.1 Å². The zero-order valence-electron chi connectivity index (χ0n) is 11.5. The molecule has 0 aliphatic rings. The molecule has 0 aliphatic carbocycles. The number of aromatic nitrogens is 1. The van der Waals surface area contributed by atoms with Crippen LogP contribution in [0.3, 0.4) is 0 Å². The molecule has 2 rings (SSSR count). The second-order valence-corrected chi connectivity index (χ2v) is 4.50. The van der Waals surface area contributed by atoms with Crippen LogP contribution in [0.1, 0.15) is 17.5 Å². The summed E-state index contributed by atoms with van der Waals surface area (Å²) in [5.74, 6) is 0.788. The zero-order chi connectivity index (χ0) is 14.2. The number of carbonyl (C=O) groups excluding carboxylic acids is 1. The van der Waals surface area contributed by atoms with E-state index in [1.54, 1.807) is 0 Å². The number of aryl methyl sites for hydroxylation is 1. The van der Waals surface area contributed by atoms with Gasteiger partial charge in [0.25, 0.3) is 0 Å². The molecule has 0 spiro atoms. The summed E-state index contributed by atoms with van der Waals surface area (Å²) in [6.07, 6.45) is 9.45. The molecule has 1 heterocycles. The van der Waals surface area contributed by atoms with E-state index < -0.39 is 0 Å². The summed E-state index contributed by atoms with van der Waals surface area (Å²) in [6, 6.07) is 11.9. The Labute approximate surface area is 119 Å². The maximum absolute atomic E-state index is 10.2. The molecule has 1 aromatic heterocycles. The van der Waals surface area contributed by atoms with Gasteiger partial charge in [-0.2, -0.15) is 0 Å². The first-order valence-corrected chi connectivity index (χ1v) is 6.58. The molecular weight excluding hydrogens is 250 g/mol. The Balaban J connectivity index is 1.96. The average molecular weight is 268 g/mol. The number of pyridine rings is 1. The van der Waals surface area contributed by atoms with Crippen LogP contribution in [-0.2, 0) is 11.8 Å². The molecule has 0 aliphatic heterocycles. The second kappa shape index (κ2) is 7.24. The van der Waals surface area contributed by atoms with E-state index in [2.05, 4.69) is 24.3 Å². The maximum Gasteiger partial charge on any atom is 0.169 e. The van der Waals surface area contributed by atoms with Gasteiger partial charge in [-0.15, -0.1) is 0 Å². The molecule has 3 heteroatoms. The molecule has 0 saturated carbocycles. The first-order chi connectivity index (χ1) is 9.78. The number of hydrogen-bond donors (Lipinski definition) is 0. The molecule has 0 amide bonds. The lowest BCUT2D eigenvalue weighted by molar-refractivity contribution is -0.671. The number of ether oxygens (including phenoxy) is 1. The van der Waals surface area contributed by atoms with Gasteiger partial charge in [-0.1, -0.05) is 24.3 Å². The zero-order valence-corrected chi connectivity index (χ0v) is 11.5. The van der Waals surface area contributed by atoms with E-state index in [1.165, 1.54) is 0 Å². The van der Waals surface area contributed by atoms with Crippen LogP contribution in [0.5, 0.6) is 5.75 Å². The molecule has 102 valence electrons. The van der Waals surface area contributed by atoms with Gasteiger partial charge in [0.1, 0.15) is 19.1 Å². The smallest absolute Gasteiger partial charge is 0.169 e. The molecule has 0 radical (unpaired) electrons. The van der Waals surface area contributed by atoms with Gasteiger partial charge in [0.05, 0.1) is 6.61 Å². The summed E-state index contributed by atoms with van der Waals surface area (Å²) in [7, 11) is 2.00. The third-order valence-electron chi connectivity index (χ3n) is 2.86. The highest BCUT2D eigenvalue weighted by molar-refractivity contribution is 5.69. The lowest BCUT2D eigenvalue weighted by atomic mass is 10.1. The van der Waals surface area contributed by atoms with Gasteiger partial charge in [-0.05, 0) is 23.3 Å². The minimum Gasteiger partial charge on any atom is -0.493 e. The van der Waals surface area contributed by atoms with E-state index >= 15 is 0 Å². The molecule has 0 fully saturated rings. The summed E-state index contributed by atoms with van der Waals surface area (Å²) < 4.78 is 7.42. The van der Waals surface area contributed by atoms with E-state index in [4.69, 9.17) is 4.74 Å². The molecule has 20 heavy (non-hydrogen) atoms. The predicted molar refractivity (Wildman–Crippen MR) is 79.2 cm³/mol. The highest BCUT2D eigenvalue weighted by Gasteiger charge is 1.94. The van der Waals surface area contributed by atoms with Crippen LogP contribution in [-0.4, -0.2) is 12.9 Å². The number of rotatable bonds is 6. The molecule has 3 nitrogen and oxygen atoms in total. The largest absolute Gasteiger partial charge is 0.493 e. The first-order valence-electron chi connectivity index (χ1n) is 6.58. The predicted octanol–water partition coefficient (Wildman–Crippen LogP) is 2.65. The van der Waals surface area contributed by atoms with Crippen molar-refractivity contribution in [3.05, 3.63) is 59.9 Å². The summed E-state index contributed by atoms with van der Waals surface area (Å²) >= 11 is 0. The molecular formula is C17H18NO2+. The minimum absolute atomic E-state index is 0.424. The average Bonchev–Trinajstić information content (AvgIpc) is 2.48. The second-order valence-electron chi connectivity index (χ2n) is 4.50. The lowest BCUT2D eigenvalue weighted by Gasteiger charge is -2.03. The molecule has 2 aromatic rings. The van der Waals surface area contributed by atoms with Crippen LogP contribution in [0.2, 0.25) is 0 Å². The number of aldehydes is 1. The summed E-state index contributed by atoms with van der Waals surface area (Å²) in [5, 5.41) is 0. The van der Waals surface area contributed by atoms with Gasteiger partial charge in [-0.25, -0.2) is 4.57 Å². The van der Waals surface area contributed by atoms with Crippen LogP contribution in [0.15, 0.2) is 48.8 Å². The summed E-state index contributed by atoms with van der Waals surface area (Å²) in [5.41, 5.74) is 2.27. The third-order valence-corrected chi connectivity index (χ3v) is 2.86. The van der Waals surface area contributed by atoms with Gasteiger partial charge in [0.2, 0.25) is 0 Å². The van der Waals surface area contributed by atoms with Crippen molar-refractivity contribution in [1.82, 2.24) is 0 Å². The Hall–Kier alpha value is -2.42. The molecule has 1 aromatic carbocycles. The third kappa shape index (κ3) is 4.35. The van der Waals surface area contributed by atoms with Crippen molar-refractivity contribution in [2.45, 2.75) is 6.42 Å². The Bertz CT molecular complexity index is 571. The van der Waals surface area contributed by atoms with E-state index in [-0.39, 0.29) is 0 Å². The Morgan fingerprint density at radius 2 is 1.60 bits per heavy atom. The number of carbonyl (C=O) groups is 1. The van der Waals surface area contributed by atoms with Crippen molar-refractivity contribution in [2.24, 2.45) is 7.05 Å². The highest BCUT2D eigenvalue weighted by Crippen LogP contribution is 2.14. The Morgan fingerprint density at radius 3 is 2.20 bits per heavy atom. The number of hydrogen-bond acceptors (Lipinski definition) is 2. The quantitative estimate of drug-likeness (QED) is 0.458. The summed E-state index contributed by atoms with van der Waals surface area (Å²) in [4.78, 5) is 10.2. The number of benzene rings is 1. The SMILES string of the molecule is C[n+]1ccc(C=Cc2ccc(OCCC=O)cc2)cc1. The van der Waals surface area contributed by atoms with Crippen molar-refractivity contribution >= 4 is 18.4 Å². The monoisotopic (exact) mass is 268 g/mol. The van der Waals surface area contributed by atoms with Crippen LogP contribution < -0.4 is 9.30 Å². The van der Waals surface area contributed by atoms with Gasteiger partial charge in [-0.3, -0.25) is 0 Å². The molecule has 0 atom stereocenters. The van der Waals surface area contributed by atoms with Crippen LogP contribution >= 0.6 is 0 Å². The van der Waals surface area contributed by atoms with Gasteiger partial charge in [0, 0.05) is 18.6 Å². The standard InChI is InChI=1S/C17H18NO2/c1-18-11-9-16(10-12-18)4-3-15-5-7-17(8-6-15)20-14-2-13-19/h3-13H,2,14H2,1H3/q+1. The molecule has 0 unspecified atom stereocenters. The normalized spacial score (nSPS) is 10.7. The van der Waals surface area contributed by atoms with Gasteiger partial charge in [0.15, 0.2) is 12.4 Å². The van der Waals surface area contributed by atoms with Crippen LogP contribution in [0.25, 0.3) is 12.2 Å². The van der Waals surface area contributed by atoms with E-state index in [0.29, 0.717) is 13.0 Å². The Kier molecular flexibility index (Phi) is 5.07. The van der Waals surface area contributed by atoms with Crippen LogP contribution in [0.4, 0.5) is 0 Å². The fraction of sp³-hybridized carbons (Fsp3) is 0.176. The van der Waals surface area contributed by atoms with E-state index in [9.17, 15) is 4.79 Å². The van der Waals surface area contributed by atoms with Crippen molar-refractivity contribution in [1.29, 1.82) is 0 Å².